The van der Waals surface area contributed by atoms with E-state index >= 15 is 0 Å². The number of rotatable bonds is 5. The zero-order valence-corrected chi connectivity index (χ0v) is 11.3. The van der Waals surface area contributed by atoms with Gasteiger partial charge in [-0.05, 0) is 19.8 Å². The van der Waals surface area contributed by atoms with E-state index in [-0.39, 0.29) is 0 Å². The van der Waals surface area contributed by atoms with Gasteiger partial charge in [0.15, 0.2) is 0 Å². The van der Waals surface area contributed by atoms with Crippen LogP contribution in [0.3, 0.4) is 0 Å². The lowest BCUT2D eigenvalue weighted by Crippen LogP contribution is -2.32. The number of anilines is 1. The molecule has 0 bridgehead atoms. The maximum Gasteiger partial charge on any atom is 0.225 e. The molecule has 4 heteroatoms. The Morgan fingerprint density at radius 3 is 2.44 bits per heavy atom. The monoisotopic (exact) mass is 241 g/mol. The van der Waals surface area contributed by atoms with E-state index in [1.54, 1.807) is 0 Å². The highest BCUT2D eigenvalue weighted by Crippen LogP contribution is 2.16. The summed E-state index contributed by atoms with van der Waals surface area (Å²) >= 11 is 5.79. The van der Waals surface area contributed by atoms with Crippen molar-refractivity contribution in [3.63, 3.8) is 0 Å². The van der Waals surface area contributed by atoms with Crippen molar-refractivity contribution in [1.82, 2.24) is 9.97 Å². The Morgan fingerprint density at radius 1 is 1.38 bits per heavy atom. The number of hydrogen-bond donors (Lipinski definition) is 0. The third-order valence-corrected chi connectivity index (χ3v) is 3.31. The van der Waals surface area contributed by atoms with Crippen molar-refractivity contribution in [3.05, 3.63) is 17.5 Å². The van der Waals surface area contributed by atoms with Gasteiger partial charge < -0.3 is 4.90 Å². The lowest BCUT2D eigenvalue weighted by atomic mass is 10.1. The van der Waals surface area contributed by atoms with E-state index in [0.717, 1.165) is 30.0 Å². The molecule has 1 aromatic rings. The molecule has 0 aliphatic rings. The summed E-state index contributed by atoms with van der Waals surface area (Å²) in [6.45, 7) is 6.35. The fourth-order valence-electron chi connectivity index (χ4n) is 1.78. The predicted octanol–water partition coefficient (Wildman–Crippen LogP) is 3.15. The fourth-order valence-corrected chi connectivity index (χ4v) is 2.04. The fraction of sp³-hybridized carbons (Fsp3) is 0.667. The number of halogens is 1. The molecule has 0 aromatic carbocycles. The average Bonchev–Trinajstić information content (AvgIpc) is 2.30. The van der Waals surface area contributed by atoms with Crippen LogP contribution >= 0.6 is 11.6 Å². The number of nitrogens with zero attached hydrogens (tertiary/aromatic N) is 3. The summed E-state index contributed by atoms with van der Waals surface area (Å²) < 4.78 is 0. The van der Waals surface area contributed by atoms with Gasteiger partial charge in [-0.15, -0.1) is 11.6 Å². The second-order valence-electron chi connectivity index (χ2n) is 4.00. The Labute approximate surface area is 103 Å². The summed E-state index contributed by atoms with van der Waals surface area (Å²) in [7, 11) is 2.05. The molecule has 0 N–H and O–H groups in total. The smallest absolute Gasteiger partial charge is 0.225 e. The van der Waals surface area contributed by atoms with Gasteiger partial charge >= 0.3 is 0 Å². The maximum absolute atomic E-state index is 5.79. The summed E-state index contributed by atoms with van der Waals surface area (Å²) in [6.07, 6.45) is 4.03. The quantitative estimate of drug-likeness (QED) is 0.742. The lowest BCUT2D eigenvalue weighted by molar-refractivity contribution is 0.580. The van der Waals surface area contributed by atoms with Gasteiger partial charge in [-0.3, -0.25) is 0 Å². The highest BCUT2D eigenvalue weighted by Gasteiger charge is 2.14. The molecular formula is C12H20ClN3. The van der Waals surface area contributed by atoms with Gasteiger partial charge in [-0.2, -0.15) is 0 Å². The Kier molecular flexibility index (Phi) is 5.00. The van der Waals surface area contributed by atoms with Crippen LogP contribution in [0.15, 0.2) is 6.20 Å². The Balaban J connectivity index is 2.91. The van der Waals surface area contributed by atoms with E-state index in [1.807, 2.05) is 20.2 Å². The van der Waals surface area contributed by atoms with Crippen molar-refractivity contribution < 1.29 is 0 Å². The van der Waals surface area contributed by atoms with Crippen LogP contribution in [0.25, 0.3) is 0 Å². The van der Waals surface area contributed by atoms with Crippen LogP contribution in [0.4, 0.5) is 5.95 Å². The largest absolute Gasteiger partial charge is 0.341 e. The van der Waals surface area contributed by atoms with Crippen LogP contribution in [0.1, 0.15) is 37.9 Å². The number of aryl methyl sites for hydroxylation is 1. The van der Waals surface area contributed by atoms with Gasteiger partial charge in [0.25, 0.3) is 0 Å². The molecule has 0 radical (unpaired) electrons. The van der Waals surface area contributed by atoms with Gasteiger partial charge in [0.05, 0.1) is 5.88 Å². The second-order valence-corrected chi connectivity index (χ2v) is 4.26. The van der Waals surface area contributed by atoms with Gasteiger partial charge in [0.1, 0.15) is 0 Å². The van der Waals surface area contributed by atoms with Crippen LogP contribution in [0, 0.1) is 6.92 Å². The van der Waals surface area contributed by atoms with E-state index < -0.39 is 0 Å². The normalized spacial score (nSPS) is 10.9. The summed E-state index contributed by atoms with van der Waals surface area (Å²) in [5.41, 5.74) is 1.97. The molecular weight excluding hydrogens is 222 g/mol. The van der Waals surface area contributed by atoms with Crippen LogP contribution in [-0.4, -0.2) is 23.1 Å². The standard InChI is InChI=1S/C12H20ClN3/c1-5-11(6-2)16(4)12-14-8-10(7-13)9(3)15-12/h8,11H,5-7H2,1-4H3. The van der Waals surface area contributed by atoms with E-state index in [0.29, 0.717) is 11.9 Å². The van der Waals surface area contributed by atoms with E-state index in [1.165, 1.54) is 0 Å². The average molecular weight is 242 g/mol. The van der Waals surface area contributed by atoms with Gasteiger partial charge in [0, 0.05) is 30.5 Å². The third-order valence-electron chi connectivity index (χ3n) is 3.02. The molecule has 1 aromatic heterocycles. The van der Waals surface area contributed by atoms with Crippen LogP contribution in [0.5, 0.6) is 0 Å². The first-order valence-corrected chi connectivity index (χ1v) is 6.28. The van der Waals surface area contributed by atoms with Crippen molar-refractivity contribution in [1.29, 1.82) is 0 Å². The van der Waals surface area contributed by atoms with Gasteiger partial charge in [0.2, 0.25) is 5.95 Å². The number of hydrogen-bond acceptors (Lipinski definition) is 3. The molecule has 0 unspecified atom stereocenters. The van der Waals surface area contributed by atoms with Crippen molar-refractivity contribution in [2.45, 2.75) is 45.5 Å². The molecule has 0 aliphatic heterocycles. The minimum absolute atomic E-state index is 0.473. The van der Waals surface area contributed by atoms with Crippen LogP contribution < -0.4 is 4.90 Å². The molecule has 1 heterocycles. The van der Waals surface area contributed by atoms with Crippen molar-refractivity contribution >= 4 is 17.5 Å². The Morgan fingerprint density at radius 2 is 2.00 bits per heavy atom. The summed E-state index contributed by atoms with van der Waals surface area (Å²) in [4.78, 5) is 11.0. The molecule has 0 saturated heterocycles. The first-order chi connectivity index (χ1) is 7.63. The second kappa shape index (κ2) is 6.04. The highest BCUT2D eigenvalue weighted by atomic mass is 35.5. The minimum atomic E-state index is 0.473. The molecule has 0 saturated carbocycles. The van der Waals surface area contributed by atoms with Gasteiger partial charge in [-0.25, -0.2) is 9.97 Å². The van der Waals surface area contributed by atoms with Crippen LogP contribution in [-0.2, 0) is 5.88 Å². The van der Waals surface area contributed by atoms with E-state index in [4.69, 9.17) is 11.6 Å². The topological polar surface area (TPSA) is 29.0 Å². The first-order valence-electron chi connectivity index (χ1n) is 5.75. The Hall–Kier alpha value is -0.830. The summed E-state index contributed by atoms with van der Waals surface area (Å²) in [6, 6.07) is 0.501. The molecule has 1 rings (SSSR count). The third kappa shape index (κ3) is 2.85. The van der Waals surface area contributed by atoms with Crippen molar-refractivity contribution in [2.75, 3.05) is 11.9 Å². The predicted molar refractivity (Wildman–Crippen MR) is 69.1 cm³/mol. The highest BCUT2D eigenvalue weighted by molar-refractivity contribution is 6.17. The summed E-state index contributed by atoms with van der Waals surface area (Å²) in [5.74, 6) is 1.26. The lowest BCUT2D eigenvalue weighted by Gasteiger charge is -2.26. The molecule has 16 heavy (non-hydrogen) atoms. The molecule has 3 nitrogen and oxygen atoms in total. The molecule has 0 amide bonds. The van der Waals surface area contributed by atoms with Crippen LogP contribution in [0.2, 0.25) is 0 Å². The molecule has 0 aliphatic carbocycles. The molecule has 0 atom stereocenters. The minimum Gasteiger partial charge on any atom is -0.341 e. The summed E-state index contributed by atoms with van der Waals surface area (Å²) in [5, 5.41) is 0. The maximum atomic E-state index is 5.79. The van der Waals surface area contributed by atoms with E-state index in [9.17, 15) is 0 Å². The Bertz CT molecular complexity index is 337. The zero-order valence-electron chi connectivity index (χ0n) is 10.5. The molecule has 0 spiro atoms. The SMILES string of the molecule is CCC(CC)N(C)c1ncc(CCl)c(C)n1. The van der Waals surface area contributed by atoms with Crippen molar-refractivity contribution in [2.24, 2.45) is 0 Å². The zero-order chi connectivity index (χ0) is 12.1. The molecule has 0 fully saturated rings. The number of alkyl halides is 1. The van der Waals surface area contributed by atoms with Crippen molar-refractivity contribution in [3.8, 4) is 0 Å². The molecule has 90 valence electrons. The van der Waals surface area contributed by atoms with E-state index in [2.05, 4.69) is 28.7 Å². The van der Waals surface area contributed by atoms with Gasteiger partial charge in [-0.1, -0.05) is 13.8 Å². The number of aromatic nitrogens is 2. The first kappa shape index (κ1) is 13.2.